The van der Waals surface area contributed by atoms with Crippen LogP contribution >= 0.6 is 0 Å². The summed E-state index contributed by atoms with van der Waals surface area (Å²) in [6.07, 6.45) is -0.417. The van der Waals surface area contributed by atoms with Crippen molar-refractivity contribution >= 4 is 16.0 Å². The SMILES string of the molecule is COc1cccc([C@H](C)NS(=O)(=O)CCC(=O)O)c1. The molecule has 0 unspecified atom stereocenters. The molecule has 2 N–H and O–H groups in total. The fourth-order valence-electron chi connectivity index (χ4n) is 1.53. The summed E-state index contributed by atoms with van der Waals surface area (Å²) in [6.45, 7) is 1.69. The standard InChI is InChI=1S/C12H17NO5S/c1-9(10-4-3-5-11(8-10)18-2)13-19(16,17)7-6-12(14)15/h3-5,8-9,13H,6-7H2,1-2H3,(H,14,15)/t9-/m0/s1. The number of carbonyl (C=O) groups is 1. The van der Waals surface area contributed by atoms with Gasteiger partial charge >= 0.3 is 5.97 Å². The van der Waals surface area contributed by atoms with E-state index >= 15 is 0 Å². The first kappa shape index (κ1) is 15.5. The van der Waals surface area contributed by atoms with Gasteiger partial charge in [0.2, 0.25) is 10.0 Å². The summed E-state index contributed by atoms with van der Waals surface area (Å²) in [6, 6.07) is 6.57. The van der Waals surface area contributed by atoms with E-state index < -0.39 is 34.2 Å². The highest BCUT2D eigenvalue weighted by Gasteiger charge is 2.17. The van der Waals surface area contributed by atoms with Gasteiger partial charge in [0.25, 0.3) is 0 Å². The maximum atomic E-state index is 11.7. The van der Waals surface area contributed by atoms with Crippen molar-refractivity contribution in [2.45, 2.75) is 19.4 Å². The zero-order valence-corrected chi connectivity index (χ0v) is 11.6. The van der Waals surface area contributed by atoms with Gasteiger partial charge in [-0.05, 0) is 24.6 Å². The van der Waals surface area contributed by atoms with Crippen LogP contribution in [0.3, 0.4) is 0 Å². The molecule has 1 atom stereocenters. The first-order valence-electron chi connectivity index (χ1n) is 5.70. The molecule has 1 aromatic rings. The van der Waals surface area contributed by atoms with Crippen LogP contribution in [0.2, 0.25) is 0 Å². The quantitative estimate of drug-likeness (QED) is 0.784. The van der Waals surface area contributed by atoms with Gasteiger partial charge in [-0.25, -0.2) is 13.1 Å². The molecule has 7 heteroatoms. The average Bonchev–Trinajstić information content (AvgIpc) is 2.36. The molecule has 106 valence electrons. The van der Waals surface area contributed by atoms with Crippen LogP contribution in [0.25, 0.3) is 0 Å². The first-order valence-corrected chi connectivity index (χ1v) is 7.35. The molecule has 1 aromatic carbocycles. The van der Waals surface area contributed by atoms with Gasteiger partial charge in [0.05, 0.1) is 19.3 Å². The van der Waals surface area contributed by atoms with Crippen LogP contribution < -0.4 is 9.46 Å². The van der Waals surface area contributed by atoms with E-state index in [1.54, 1.807) is 31.2 Å². The van der Waals surface area contributed by atoms with Crippen LogP contribution in [-0.4, -0.2) is 32.4 Å². The molecule has 0 aliphatic heterocycles. The number of methoxy groups -OCH3 is 1. The van der Waals surface area contributed by atoms with E-state index in [9.17, 15) is 13.2 Å². The van der Waals surface area contributed by atoms with Crippen molar-refractivity contribution in [3.8, 4) is 5.75 Å². The van der Waals surface area contributed by atoms with Crippen LogP contribution in [-0.2, 0) is 14.8 Å². The average molecular weight is 287 g/mol. The van der Waals surface area contributed by atoms with Crippen molar-refractivity contribution < 1.29 is 23.1 Å². The highest BCUT2D eigenvalue weighted by molar-refractivity contribution is 7.89. The van der Waals surface area contributed by atoms with Crippen molar-refractivity contribution in [1.29, 1.82) is 0 Å². The molecule has 0 saturated carbocycles. The number of carboxylic acids is 1. The third kappa shape index (κ3) is 5.27. The molecule has 0 heterocycles. The number of carboxylic acid groups (broad SMARTS) is 1. The van der Waals surface area contributed by atoms with Gasteiger partial charge in [-0.15, -0.1) is 0 Å². The molecule has 0 amide bonds. The van der Waals surface area contributed by atoms with Gasteiger partial charge in [-0.2, -0.15) is 0 Å². The van der Waals surface area contributed by atoms with E-state index in [1.807, 2.05) is 0 Å². The Morgan fingerprint density at radius 1 is 1.47 bits per heavy atom. The van der Waals surface area contributed by atoms with Gasteiger partial charge in [-0.3, -0.25) is 4.79 Å². The number of rotatable bonds is 7. The number of ether oxygens (including phenoxy) is 1. The van der Waals surface area contributed by atoms with E-state index in [-0.39, 0.29) is 0 Å². The molecule has 0 saturated heterocycles. The number of benzene rings is 1. The van der Waals surface area contributed by atoms with Crippen LogP contribution in [0, 0.1) is 0 Å². The maximum Gasteiger partial charge on any atom is 0.304 e. The molecule has 0 aromatic heterocycles. The third-order valence-corrected chi connectivity index (χ3v) is 3.99. The Morgan fingerprint density at radius 3 is 2.74 bits per heavy atom. The number of hydrogen-bond acceptors (Lipinski definition) is 4. The largest absolute Gasteiger partial charge is 0.497 e. The van der Waals surface area contributed by atoms with E-state index in [2.05, 4.69) is 4.72 Å². The number of nitrogens with one attached hydrogen (secondary N) is 1. The molecule has 6 nitrogen and oxygen atoms in total. The van der Waals surface area contributed by atoms with E-state index in [4.69, 9.17) is 9.84 Å². The second kappa shape index (κ2) is 6.53. The van der Waals surface area contributed by atoms with Crippen molar-refractivity contribution in [2.24, 2.45) is 0 Å². The summed E-state index contributed by atoms with van der Waals surface area (Å²) in [7, 11) is -2.09. The van der Waals surface area contributed by atoms with Crippen LogP contribution in [0.4, 0.5) is 0 Å². The van der Waals surface area contributed by atoms with E-state index in [1.165, 1.54) is 7.11 Å². The summed E-state index contributed by atoms with van der Waals surface area (Å²) in [5, 5.41) is 8.49. The van der Waals surface area contributed by atoms with Crippen LogP contribution in [0.5, 0.6) is 5.75 Å². The molecule has 0 fully saturated rings. The van der Waals surface area contributed by atoms with Crippen LogP contribution in [0.15, 0.2) is 24.3 Å². The number of aliphatic carboxylic acids is 1. The highest BCUT2D eigenvalue weighted by Crippen LogP contribution is 2.19. The molecule has 0 radical (unpaired) electrons. The van der Waals surface area contributed by atoms with Gasteiger partial charge in [0.15, 0.2) is 0 Å². The predicted molar refractivity (Wildman–Crippen MR) is 70.6 cm³/mol. The minimum Gasteiger partial charge on any atom is -0.497 e. The molecule has 0 aliphatic carbocycles. The molecular formula is C12H17NO5S. The van der Waals surface area contributed by atoms with Crippen molar-refractivity contribution in [3.63, 3.8) is 0 Å². The fraction of sp³-hybridized carbons (Fsp3) is 0.417. The lowest BCUT2D eigenvalue weighted by Gasteiger charge is -2.15. The molecule has 0 bridgehead atoms. The Bertz CT molecular complexity index is 541. The molecule has 19 heavy (non-hydrogen) atoms. The Labute approximate surface area is 112 Å². The van der Waals surface area contributed by atoms with Crippen molar-refractivity contribution in [3.05, 3.63) is 29.8 Å². The summed E-state index contributed by atoms with van der Waals surface area (Å²) < 4.78 is 30.8. The Hall–Kier alpha value is -1.60. The predicted octanol–water partition coefficient (Wildman–Crippen LogP) is 1.15. The molecule has 1 rings (SSSR count). The lowest BCUT2D eigenvalue weighted by molar-refractivity contribution is -0.136. The van der Waals surface area contributed by atoms with E-state index in [0.717, 1.165) is 5.56 Å². The van der Waals surface area contributed by atoms with Gasteiger partial charge < -0.3 is 9.84 Å². The lowest BCUT2D eigenvalue weighted by Crippen LogP contribution is -2.30. The summed E-state index contributed by atoms with van der Waals surface area (Å²) in [4.78, 5) is 10.4. The molecule has 0 spiro atoms. The monoisotopic (exact) mass is 287 g/mol. The Kier molecular flexibility index (Phi) is 5.31. The number of hydrogen-bond donors (Lipinski definition) is 2. The first-order chi connectivity index (χ1) is 8.84. The zero-order chi connectivity index (χ0) is 14.5. The summed E-state index contributed by atoms with van der Waals surface area (Å²) in [5.41, 5.74) is 0.748. The van der Waals surface area contributed by atoms with E-state index in [0.29, 0.717) is 5.75 Å². The van der Waals surface area contributed by atoms with Crippen molar-refractivity contribution in [1.82, 2.24) is 4.72 Å². The lowest BCUT2D eigenvalue weighted by atomic mass is 10.1. The van der Waals surface area contributed by atoms with Gasteiger partial charge in [-0.1, -0.05) is 12.1 Å². The fourth-order valence-corrected chi connectivity index (χ4v) is 2.76. The normalized spacial score (nSPS) is 12.9. The van der Waals surface area contributed by atoms with Crippen molar-refractivity contribution in [2.75, 3.05) is 12.9 Å². The third-order valence-electron chi connectivity index (χ3n) is 2.53. The molecule has 0 aliphatic rings. The van der Waals surface area contributed by atoms with Crippen LogP contribution in [0.1, 0.15) is 24.9 Å². The minimum absolute atomic E-state index is 0.417. The number of sulfonamides is 1. The smallest absolute Gasteiger partial charge is 0.304 e. The minimum atomic E-state index is -3.62. The Balaban J connectivity index is 2.72. The topological polar surface area (TPSA) is 92.7 Å². The second-order valence-corrected chi connectivity index (χ2v) is 5.95. The maximum absolute atomic E-state index is 11.7. The molecular weight excluding hydrogens is 270 g/mol. The van der Waals surface area contributed by atoms with Gasteiger partial charge in [0, 0.05) is 6.04 Å². The highest BCUT2D eigenvalue weighted by atomic mass is 32.2. The van der Waals surface area contributed by atoms with Gasteiger partial charge in [0.1, 0.15) is 5.75 Å². The summed E-state index contributed by atoms with van der Waals surface area (Å²) >= 11 is 0. The zero-order valence-electron chi connectivity index (χ0n) is 10.8. The second-order valence-electron chi connectivity index (χ2n) is 4.08. The summed E-state index contributed by atoms with van der Waals surface area (Å²) in [5.74, 6) is -0.940. The Morgan fingerprint density at radius 2 is 2.16 bits per heavy atom.